The molecule has 18 heteroatoms. The molecule has 11 aliphatic heterocycles. The van der Waals surface area contributed by atoms with Gasteiger partial charge in [-0.2, -0.15) is 0 Å². The van der Waals surface area contributed by atoms with E-state index in [-0.39, 0.29) is 117 Å². The van der Waals surface area contributed by atoms with E-state index in [9.17, 15) is 25.2 Å². The number of esters is 1. The van der Waals surface area contributed by atoms with E-state index in [4.69, 9.17) is 61.9 Å². The van der Waals surface area contributed by atoms with Crippen LogP contribution in [-0.4, -0.2) is 180 Å². The van der Waals surface area contributed by atoms with Crippen LogP contribution in [0.2, 0.25) is 0 Å². The first-order valence-electron chi connectivity index (χ1n) is 29.4. The second kappa shape index (κ2) is 23.2. The van der Waals surface area contributed by atoms with Crippen molar-refractivity contribution >= 4 is 5.97 Å². The number of aliphatic hydroxyl groups excluding tert-OH is 4. The lowest BCUT2D eigenvalue weighted by Gasteiger charge is -2.50. The Balaban J connectivity index is 0.806. The van der Waals surface area contributed by atoms with E-state index in [1.54, 1.807) is 0 Å². The molecule has 11 saturated heterocycles. The van der Waals surface area contributed by atoms with Gasteiger partial charge in [0.05, 0.1) is 123 Å². The Morgan fingerprint density at radius 3 is 2.16 bits per heavy atom. The summed E-state index contributed by atoms with van der Waals surface area (Å²) in [5.74, 6) is -2.15. The van der Waals surface area contributed by atoms with Gasteiger partial charge in [0, 0.05) is 70.3 Å². The summed E-state index contributed by atoms with van der Waals surface area (Å²) in [6, 6.07) is 0. The van der Waals surface area contributed by atoms with Crippen molar-refractivity contribution in [1.82, 2.24) is 0 Å². The molecule has 11 fully saturated rings. The Kier molecular flexibility index (Phi) is 17.2. The quantitative estimate of drug-likeness (QED) is 0.130. The maximum atomic E-state index is 14.2. The molecule has 27 atom stereocenters. The summed E-state index contributed by atoms with van der Waals surface area (Å²) in [4.78, 5) is 26.0. The highest BCUT2D eigenvalue weighted by molar-refractivity contribution is 5.70. The minimum atomic E-state index is -1.38. The Bertz CT molecular complexity index is 1950. The number of rotatable bonds is 0. The highest BCUT2D eigenvalue weighted by Crippen LogP contribution is 2.52. The SMILES string of the molecule is C=C1C2CC3O[C@H]4CC5O[C@@]6(CC5O[C@H]4[C@H](C)C3OC(=O)CC(O)CCC3CC4CC(O3)C3CC(O)C(O)[C@](CCC5CC(C)C(CCC(C[C@H]1C)O2)O5)(O4)O3)CC1OOCC[C@@H](O)COC[C@@H](C)CC[C@H](C)C1O6. The largest absolute Gasteiger partial charge is 0.459 e. The molecule has 0 aliphatic carbocycles. The number of carbonyl (C=O) groups is 1. The molecule has 11 heterocycles. The van der Waals surface area contributed by atoms with Crippen LogP contribution in [-0.2, 0) is 66.7 Å². The molecule has 18 nitrogen and oxygen atoms in total. The maximum Gasteiger partial charge on any atom is 0.308 e. The lowest BCUT2D eigenvalue weighted by molar-refractivity contribution is -0.346. The minimum Gasteiger partial charge on any atom is -0.459 e. The Hall–Kier alpha value is -1.43. The van der Waals surface area contributed by atoms with E-state index < -0.39 is 66.4 Å². The third-order valence-corrected chi connectivity index (χ3v) is 19.5. The molecule has 11 aliphatic rings. The van der Waals surface area contributed by atoms with Gasteiger partial charge in [0.1, 0.15) is 18.3 Å². The molecule has 0 aromatic heterocycles. The molecule has 0 amide bonds. The number of hydrogen-bond acceptors (Lipinski definition) is 18. The van der Waals surface area contributed by atoms with Gasteiger partial charge < -0.3 is 72.5 Å². The highest BCUT2D eigenvalue weighted by Gasteiger charge is 2.62. The molecule has 0 saturated carbocycles. The molecular formula is C57H90O18. The first kappa shape index (κ1) is 55.5. The summed E-state index contributed by atoms with van der Waals surface area (Å²) in [7, 11) is 0. The zero-order valence-electron chi connectivity index (χ0n) is 45.2. The number of hydrogen-bond donors (Lipinski definition) is 4. The second-order valence-corrected chi connectivity index (χ2v) is 25.5. The Labute approximate surface area is 443 Å². The van der Waals surface area contributed by atoms with Crippen molar-refractivity contribution in [3.63, 3.8) is 0 Å². The normalized spacial score (nSPS) is 53.6. The average Bonchev–Trinajstić information content (AvgIpc) is 4.02. The fourth-order valence-electron chi connectivity index (χ4n) is 15.2. The molecule has 0 radical (unpaired) electrons. The van der Waals surface area contributed by atoms with E-state index in [0.717, 1.165) is 44.1 Å². The third kappa shape index (κ3) is 12.1. The second-order valence-electron chi connectivity index (χ2n) is 25.5. The van der Waals surface area contributed by atoms with Gasteiger partial charge in [0.2, 0.25) is 0 Å². The Morgan fingerprint density at radius 1 is 0.547 bits per heavy atom. The van der Waals surface area contributed by atoms with Gasteiger partial charge in [-0.1, -0.05) is 41.2 Å². The zero-order valence-corrected chi connectivity index (χ0v) is 45.2. The predicted octanol–water partition coefficient (Wildman–Crippen LogP) is 5.68. The van der Waals surface area contributed by atoms with Crippen LogP contribution in [0.3, 0.4) is 0 Å². The van der Waals surface area contributed by atoms with Crippen LogP contribution in [0, 0.1) is 29.6 Å². The van der Waals surface area contributed by atoms with Gasteiger partial charge in [-0.15, -0.1) is 0 Å². The van der Waals surface area contributed by atoms with Crippen LogP contribution in [0.5, 0.6) is 0 Å². The molecular weight excluding hydrogens is 973 g/mol. The summed E-state index contributed by atoms with van der Waals surface area (Å²) >= 11 is 0. The van der Waals surface area contributed by atoms with Gasteiger partial charge >= 0.3 is 5.97 Å². The van der Waals surface area contributed by atoms with E-state index in [2.05, 4.69) is 41.2 Å². The van der Waals surface area contributed by atoms with E-state index in [1.165, 1.54) is 0 Å². The molecule has 0 aromatic rings. The fraction of sp³-hybridized carbons (Fsp3) is 0.947. The van der Waals surface area contributed by atoms with Crippen molar-refractivity contribution in [2.45, 2.75) is 290 Å². The van der Waals surface area contributed by atoms with Crippen molar-refractivity contribution in [1.29, 1.82) is 0 Å². The van der Waals surface area contributed by atoms with Crippen LogP contribution < -0.4 is 0 Å². The number of carbonyl (C=O) groups excluding carboxylic acids is 1. The van der Waals surface area contributed by atoms with Crippen LogP contribution in [0.25, 0.3) is 0 Å². The molecule has 9 bridgehead atoms. The van der Waals surface area contributed by atoms with Crippen molar-refractivity contribution in [2.75, 3.05) is 19.8 Å². The fourth-order valence-corrected chi connectivity index (χ4v) is 15.2. The van der Waals surface area contributed by atoms with Gasteiger partial charge in [0.25, 0.3) is 0 Å². The van der Waals surface area contributed by atoms with Crippen molar-refractivity contribution in [3.8, 4) is 0 Å². The van der Waals surface area contributed by atoms with Gasteiger partial charge in [-0.3, -0.25) is 4.79 Å². The summed E-state index contributed by atoms with van der Waals surface area (Å²) in [6.07, 6.45) is 1.49. The lowest BCUT2D eigenvalue weighted by atomic mass is 9.79. The van der Waals surface area contributed by atoms with Crippen molar-refractivity contribution in [3.05, 3.63) is 12.2 Å². The van der Waals surface area contributed by atoms with E-state index in [0.29, 0.717) is 89.1 Å². The maximum absolute atomic E-state index is 14.2. The van der Waals surface area contributed by atoms with Gasteiger partial charge in [-0.25, -0.2) is 9.78 Å². The monoisotopic (exact) mass is 1060 g/mol. The van der Waals surface area contributed by atoms with Crippen molar-refractivity contribution in [2.24, 2.45) is 29.6 Å². The topological polar surface area (TPSA) is 218 Å². The predicted molar refractivity (Wildman–Crippen MR) is 266 cm³/mol. The smallest absolute Gasteiger partial charge is 0.308 e. The standard InChI is InChI=1S/C57H90O18/c1-29-7-8-30(2)52-50(75-64-16-14-36(59)28-63-27-29)26-56(74-52)25-49-46(72-56)24-48-53(69-49)34(6)54-47(68-48)23-43-33(5)31(3)17-37(66-43)11-12-42-32(4)18-39(65-42)13-15-57-55(62)41(60)22-45(73-57)44-21-40(71-57)20-38(67-44)10-9-35(58)19-51(61)70-54/h29-32,34-50,52-55,58-60,62H,5,7-28H2,1-4,6H3/t29-,30-,31+,32?,34-,35?,36+,37?,38?,39?,40?,41?,42?,43?,44?,45?,46?,47?,48-,49?,50?,52?,53-,54?,55?,56+,57+/m0/s1. The highest BCUT2D eigenvalue weighted by atomic mass is 17.2. The summed E-state index contributed by atoms with van der Waals surface area (Å²) < 4.78 is 74.2. The first-order valence-corrected chi connectivity index (χ1v) is 29.4. The summed E-state index contributed by atoms with van der Waals surface area (Å²) in [5.41, 5.74) is 0.996. The third-order valence-electron chi connectivity index (χ3n) is 19.5. The summed E-state index contributed by atoms with van der Waals surface area (Å²) in [6.45, 7) is 16.5. The van der Waals surface area contributed by atoms with Gasteiger partial charge in [0.15, 0.2) is 11.6 Å². The molecule has 426 valence electrons. The Morgan fingerprint density at radius 2 is 1.31 bits per heavy atom. The molecule has 4 N–H and O–H groups in total. The van der Waals surface area contributed by atoms with Crippen LogP contribution in [0.15, 0.2) is 12.2 Å². The molecule has 18 unspecified atom stereocenters. The van der Waals surface area contributed by atoms with Crippen molar-refractivity contribution < 1.29 is 87.1 Å². The van der Waals surface area contributed by atoms with Crippen LogP contribution >= 0.6 is 0 Å². The first-order chi connectivity index (χ1) is 36.0. The van der Waals surface area contributed by atoms with Crippen LogP contribution in [0.1, 0.15) is 157 Å². The minimum absolute atomic E-state index is 0.0361. The number of aliphatic hydroxyl groups is 4. The van der Waals surface area contributed by atoms with E-state index in [1.807, 2.05) is 0 Å². The lowest BCUT2D eigenvalue weighted by Crippen LogP contribution is -2.60. The van der Waals surface area contributed by atoms with E-state index >= 15 is 0 Å². The van der Waals surface area contributed by atoms with Crippen LogP contribution in [0.4, 0.5) is 0 Å². The molecule has 75 heavy (non-hydrogen) atoms. The van der Waals surface area contributed by atoms with Gasteiger partial charge in [-0.05, 0) is 87.0 Å². The molecule has 2 spiro atoms. The molecule has 0 aromatic carbocycles. The molecule has 11 rings (SSSR count). The number of ether oxygens (including phenoxy) is 11. The number of fused-ring (bicyclic) bond motifs is 12. The zero-order chi connectivity index (χ0) is 52.3. The average molecular weight is 1060 g/mol. The summed E-state index contributed by atoms with van der Waals surface area (Å²) in [5, 5.41) is 44.7.